The molecule has 1 heterocycles. The van der Waals surface area contributed by atoms with E-state index in [1.165, 1.54) is 12.1 Å². The molecule has 3 nitrogen and oxygen atoms in total. The number of halogens is 1. The monoisotopic (exact) mass is 250 g/mol. The highest BCUT2D eigenvalue weighted by Crippen LogP contribution is 2.23. The van der Waals surface area contributed by atoms with Crippen LogP contribution in [0.5, 0.6) is 0 Å². The van der Waals surface area contributed by atoms with Gasteiger partial charge in [0.1, 0.15) is 12.0 Å². The molecule has 0 aliphatic carbocycles. The van der Waals surface area contributed by atoms with Crippen LogP contribution in [0.15, 0.2) is 24.3 Å². The van der Waals surface area contributed by atoms with E-state index in [1.54, 1.807) is 12.1 Å². The molecule has 1 atom stereocenters. The van der Waals surface area contributed by atoms with Gasteiger partial charge in [0.25, 0.3) is 0 Å². The van der Waals surface area contributed by atoms with Gasteiger partial charge >= 0.3 is 0 Å². The lowest BCUT2D eigenvalue weighted by Gasteiger charge is -2.25. The fourth-order valence-corrected chi connectivity index (χ4v) is 2.13. The van der Waals surface area contributed by atoms with Gasteiger partial charge in [-0.15, -0.1) is 0 Å². The molecule has 2 rings (SSSR count). The second-order valence-corrected chi connectivity index (χ2v) is 5.10. The molecule has 0 radical (unpaired) electrons. The Kier molecular flexibility index (Phi) is 3.97. The van der Waals surface area contributed by atoms with Crippen molar-refractivity contribution in [1.82, 2.24) is 10.2 Å². The zero-order chi connectivity index (χ0) is 13.1. The number of nitrogens with zero attached hydrogens (tertiary/aromatic N) is 1. The van der Waals surface area contributed by atoms with E-state index in [-0.39, 0.29) is 17.9 Å². The maximum Gasteiger partial charge on any atom is 0.238 e. The largest absolute Gasteiger partial charge is 0.322 e. The van der Waals surface area contributed by atoms with Crippen molar-refractivity contribution in [2.24, 2.45) is 5.92 Å². The fraction of sp³-hybridized carbons (Fsp3) is 0.500. The van der Waals surface area contributed by atoms with Crippen LogP contribution >= 0.6 is 0 Å². The molecule has 1 aromatic rings. The van der Waals surface area contributed by atoms with E-state index in [0.29, 0.717) is 12.5 Å². The predicted octanol–water partition coefficient (Wildman–Crippen LogP) is 2.30. The maximum absolute atomic E-state index is 12.9. The average molecular weight is 250 g/mol. The molecule has 18 heavy (non-hydrogen) atoms. The van der Waals surface area contributed by atoms with Crippen LogP contribution in [-0.2, 0) is 4.79 Å². The summed E-state index contributed by atoms with van der Waals surface area (Å²) in [5, 5.41) is 3.17. The van der Waals surface area contributed by atoms with Crippen LogP contribution in [0.1, 0.15) is 32.0 Å². The number of nitrogens with one attached hydrogen (secondary N) is 1. The standard InChI is InChI=1S/C14H19FN2O/c1-10(2)7-8-17-13(18)9-16-14(17)11-3-5-12(15)6-4-11/h3-6,10,14,16H,7-9H2,1-2H3. The topological polar surface area (TPSA) is 32.3 Å². The second-order valence-electron chi connectivity index (χ2n) is 5.10. The number of carbonyl (C=O) groups excluding carboxylic acids is 1. The third-order valence-corrected chi connectivity index (χ3v) is 3.21. The van der Waals surface area contributed by atoms with E-state index in [4.69, 9.17) is 0 Å². The quantitative estimate of drug-likeness (QED) is 0.889. The van der Waals surface area contributed by atoms with Crippen LogP contribution in [0.2, 0.25) is 0 Å². The Bertz CT molecular complexity index is 416. The predicted molar refractivity (Wildman–Crippen MR) is 68.3 cm³/mol. The van der Waals surface area contributed by atoms with E-state index in [1.807, 2.05) is 4.90 Å². The van der Waals surface area contributed by atoms with Crippen LogP contribution in [0.3, 0.4) is 0 Å². The summed E-state index contributed by atoms with van der Waals surface area (Å²) in [6.45, 7) is 5.38. The van der Waals surface area contributed by atoms with Crippen molar-refractivity contribution in [3.8, 4) is 0 Å². The van der Waals surface area contributed by atoms with Crippen molar-refractivity contribution in [2.75, 3.05) is 13.1 Å². The number of benzene rings is 1. The molecule has 1 unspecified atom stereocenters. The molecular formula is C14H19FN2O. The molecule has 1 aliphatic rings. The molecule has 0 spiro atoms. The molecule has 0 saturated carbocycles. The molecule has 1 fully saturated rings. The summed E-state index contributed by atoms with van der Waals surface area (Å²) in [5.41, 5.74) is 0.936. The molecule has 1 aromatic carbocycles. The first-order chi connectivity index (χ1) is 8.58. The highest BCUT2D eigenvalue weighted by atomic mass is 19.1. The van der Waals surface area contributed by atoms with E-state index >= 15 is 0 Å². The van der Waals surface area contributed by atoms with Crippen molar-refractivity contribution in [1.29, 1.82) is 0 Å². The number of rotatable bonds is 4. The van der Waals surface area contributed by atoms with Gasteiger partial charge in [-0.2, -0.15) is 0 Å². The summed E-state index contributed by atoms with van der Waals surface area (Å²) < 4.78 is 12.9. The number of hydrogen-bond donors (Lipinski definition) is 1. The summed E-state index contributed by atoms with van der Waals surface area (Å²) in [6, 6.07) is 6.32. The molecule has 1 amide bonds. The normalized spacial score (nSPS) is 19.9. The van der Waals surface area contributed by atoms with Crippen LogP contribution in [0, 0.1) is 11.7 Å². The summed E-state index contributed by atoms with van der Waals surface area (Å²) >= 11 is 0. The molecule has 0 aromatic heterocycles. The molecule has 98 valence electrons. The first-order valence-electron chi connectivity index (χ1n) is 6.36. The smallest absolute Gasteiger partial charge is 0.238 e. The fourth-order valence-electron chi connectivity index (χ4n) is 2.13. The minimum atomic E-state index is -0.253. The summed E-state index contributed by atoms with van der Waals surface area (Å²) in [6.07, 6.45) is 0.863. The van der Waals surface area contributed by atoms with E-state index in [9.17, 15) is 9.18 Å². The van der Waals surface area contributed by atoms with Gasteiger partial charge < -0.3 is 4.90 Å². The molecule has 0 bridgehead atoms. The van der Waals surface area contributed by atoms with Crippen molar-refractivity contribution < 1.29 is 9.18 Å². The zero-order valence-corrected chi connectivity index (χ0v) is 10.8. The minimum Gasteiger partial charge on any atom is -0.322 e. The number of amides is 1. The Balaban J connectivity index is 2.10. The van der Waals surface area contributed by atoms with Gasteiger partial charge in [-0.3, -0.25) is 10.1 Å². The van der Waals surface area contributed by atoms with Crippen LogP contribution in [-0.4, -0.2) is 23.9 Å². The van der Waals surface area contributed by atoms with Gasteiger partial charge in [0.15, 0.2) is 0 Å². The number of carbonyl (C=O) groups is 1. The average Bonchev–Trinajstić information content (AvgIpc) is 2.69. The van der Waals surface area contributed by atoms with Crippen LogP contribution < -0.4 is 5.32 Å². The minimum absolute atomic E-state index is 0.114. The van der Waals surface area contributed by atoms with Crippen molar-refractivity contribution >= 4 is 5.91 Å². The summed E-state index contributed by atoms with van der Waals surface area (Å²) in [5.74, 6) is 0.425. The Morgan fingerprint density at radius 3 is 2.67 bits per heavy atom. The summed E-state index contributed by atoms with van der Waals surface area (Å²) in [4.78, 5) is 13.7. The van der Waals surface area contributed by atoms with Gasteiger partial charge in [-0.05, 0) is 30.0 Å². The SMILES string of the molecule is CC(C)CCN1C(=O)CNC1c1ccc(F)cc1. The first kappa shape index (κ1) is 13.0. The van der Waals surface area contributed by atoms with Crippen LogP contribution in [0.4, 0.5) is 4.39 Å². The van der Waals surface area contributed by atoms with Crippen LogP contribution in [0.25, 0.3) is 0 Å². The van der Waals surface area contributed by atoms with Crippen molar-refractivity contribution in [3.05, 3.63) is 35.6 Å². The molecular weight excluding hydrogens is 231 g/mol. The Morgan fingerprint density at radius 2 is 2.06 bits per heavy atom. The van der Waals surface area contributed by atoms with Crippen molar-refractivity contribution in [2.45, 2.75) is 26.4 Å². The Labute approximate surface area is 107 Å². The molecule has 1 N–H and O–H groups in total. The summed E-state index contributed by atoms with van der Waals surface area (Å²) in [7, 11) is 0. The lowest BCUT2D eigenvalue weighted by molar-refractivity contribution is -0.128. The van der Waals surface area contributed by atoms with Gasteiger partial charge in [0, 0.05) is 6.54 Å². The van der Waals surface area contributed by atoms with Gasteiger partial charge in [-0.25, -0.2) is 4.39 Å². The highest BCUT2D eigenvalue weighted by Gasteiger charge is 2.31. The molecule has 4 heteroatoms. The third-order valence-electron chi connectivity index (χ3n) is 3.21. The van der Waals surface area contributed by atoms with Gasteiger partial charge in [-0.1, -0.05) is 26.0 Å². The maximum atomic E-state index is 12.9. The zero-order valence-electron chi connectivity index (χ0n) is 10.8. The lowest BCUT2D eigenvalue weighted by atomic mass is 10.1. The van der Waals surface area contributed by atoms with Gasteiger partial charge in [0.2, 0.25) is 5.91 Å². The second kappa shape index (κ2) is 5.48. The number of hydrogen-bond acceptors (Lipinski definition) is 2. The lowest BCUT2D eigenvalue weighted by Crippen LogP contribution is -2.31. The van der Waals surface area contributed by atoms with E-state index in [2.05, 4.69) is 19.2 Å². The highest BCUT2D eigenvalue weighted by molar-refractivity contribution is 5.80. The Hall–Kier alpha value is -1.42. The van der Waals surface area contributed by atoms with E-state index < -0.39 is 0 Å². The molecule has 1 aliphatic heterocycles. The van der Waals surface area contributed by atoms with Crippen molar-refractivity contribution in [3.63, 3.8) is 0 Å². The van der Waals surface area contributed by atoms with Gasteiger partial charge in [0.05, 0.1) is 6.54 Å². The van der Waals surface area contributed by atoms with E-state index in [0.717, 1.165) is 18.5 Å². The molecule has 1 saturated heterocycles. The first-order valence-corrected chi connectivity index (χ1v) is 6.36. The third kappa shape index (κ3) is 2.88. The Morgan fingerprint density at radius 1 is 1.39 bits per heavy atom.